The molecule has 104 valence electrons. The van der Waals surface area contributed by atoms with Gasteiger partial charge < -0.3 is 15.4 Å². The Labute approximate surface area is 109 Å². The van der Waals surface area contributed by atoms with Crippen molar-refractivity contribution in [3.63, 3.8) is 0 Å². The molecular weight excluding hydrogens is 232 g/mol. The van der Waals surface area contributed by atoms with E-state index in [1.807, 2.05) is 0 Å². The van der Waals surface area contributed by atoms with Gasteiger partial charge in [-0.3, -0.25) is 9.59 Å². The van der Waals surface area contributed by atoms with E-state index in [9.17, 15) is 9.59 Å². The van der Waals surface area contributed by atoms with E-state index < -0.39 is 0 Å². The third-order valence-electron chi connectivity index (χ3n) is 3.21. The van der Waals surface area contributed by atoms with Crippen LogP contribution in [0.4, 0.5) is 0 Å². The zero-order valence-corrected chi connectivity index (χ0v) is 11.3. The zero-order chi connectivity index (χ0) is 13.4. The Bertz CT molecular complexity index is 281. The molecule has 1 rings (SSSR count). The number of rotatable bonds is 6. The number of hydrogen-bond acceptors (Lipinski definition) is 4. The number of esters is 1. The largest absolute Gasteiger partial charge is 0.466 e. The summed E-state index contributed by atoms with van der Waals surface area (Å²) in [4.78, 5) is 23.0. The van der Waals surface area contributed by atoms with E-state index in [0.717, 1.165) is 19.4 Å². The Balaban J connectivity index is 2.14. The lowest BCUT2D eigenvalue weighted by Crippen LogP contribution is -2.51. The van der Waals surface area contributed by atoms with Gasteiger partial charge in [0, 0.05) is 13.0 Å². The molecule has 2 unspecified atom stereocenters. The van der Waals surface area contributed by atoms with Crippen molar-refractivity contribution in [3.05, 3.63) is 0 Å². The highest BCUT2D eigenvalue weighted by molar-refractivity contribution is 5.82. The predicted molar refractivity (Wildman–Crippen MR) is 69.1 cm³/mol. The normalized spacial score (nSPS) is 23.4. The van der Waals surface area contributed by atoms with Crippen LogP contribution < -0.4 is 10.6 Å². The summed E-state index contributed by atoms with van der Waals surface area (Å²) >= 11 is 0. The lowest BCUT2D eigenvalue weighted by molar-refractivity contribution is -0.143. The van der Waals surface area contributed by atoms with Crippen LogP contribution in [-0.2, 0) is 14.3 Å². The minimum atomic E-state index is -0.198. The van der Waals surface area contributed by atoms with Crippen molar-refractivity contribution in [1.82, 2.24) is 10.6 Å². The predicted octanol–water partition coefficient (Wildman–Crippen LogP) is 0.834. The van der Waals surface area contributed by atoms with E-state index in [2.05, 4.69) is 17.6 Å². The van der Waals surface area contributed by atoms with Crippen molar-refractivity contribution in [2.75, 3.05) is 19.7 Å². The van der Waals surface area contributed by atoms with Gasteiger partial charge in [0.25, 0.3) is 0 Å². The maximum atomic E-state index is 11.9. The van der Waals surface area contributed by atoms with Crippen molar-refractivity contribution < 1.29 is 14.3 Å². The maximum absolute atomic E-state index is 11.9. The molecule has 0 aromatic carbocycles. The van der Waals surface area contributed by atoms with Crippen LogP contribution in [0.5, 0.6) is 0 Å². The highest BCUT2D eigenvalue weighted by Crippen LogP contribution is 2.15. The van der Waals surface area contributed by atoms with Crippen molar-refractivity contribution in [3.8, 4) is 0 Å². The van der Waals surface area contributed by atoms with Crippen LogP contribution in [0.25, 0.3) is 0 Å². The third kappa shape index (κ3) is 5.04. The molecule has 0 spiro atoms. The van der Waals surface area contributed by atoms with Gasteiger partial charge in [0.15, 0.2) is 0 Å². The lowest BCUT2D eigenvalue weighted by atomic mass is 9.92. The van der Waals surface area contributed by atoms with Crippen LogP contribution in [0, 0.1) is 5.92 Å². The molecule has 5 heteroatoms. The minimum absolute atomic E-state index is 0.0473. The molecule has 0 aromatic heterocycles. The molecule has 1 amide bonds. The second kappa shape index (κ2) is 8.08. The van der Waals surface area contributed by atoms with Crippen molar-refractivity contribution in [2.45, 2.75) is 45.6 Å². The number of ether oxygens (including phenoxy) is 1. The van der Waals surface area contributed by atoms with Crippen molar-refractivity contribution >= 4 is 11.9 Å². The molecular formula is C13H24N2O3. The SMILES string of the molecule is CCOC(=O)CCCNC(=O)C1NCCCC1C. The van der Waals surface area contributed by atoms with Crippen LogP contribution >= 0.6 is 0 Å². The standard InChI is InChI=1S/C13H24N2O3/c1-3-18-11(16)7-5-9-15-13(17)12-10(2)6-4-8-14-12/h10,12,14H,3-9H2,1-2H3,(H,15,17). The number of amides is 1. The first-order valence-corrected chi connectivity index (χ1v) is 6.82. The molecule has 0 radical (unpaired) electrons. The molecule has 1 saturated heterocycles. The maximum Gasteiger partial charge on any atom is 0.305 e. The van der Waals surface area contributed by atoms with E-state index >= 15 is 0 Å². The first-order valence-electron chi connectivity index (χ1n) is 6.82. The molecule has 5 nitrogen and oxygen atoms in total. The Hall–Kier alpha value is -1.10. The molecule has 1 fully saturated rings. The first-order chi connectivity index (χ1) is 8.65. The lowest BCUT2D eigenvalue weighted by Gasteiger charge is -2.28. The highest BCUT2D eigenvalue weighted by atomic mass is 16.5. The Morgan fingerprint density at radius 3 is 2.89 bits per heavy atom. The fraction of sp³-hybridized carbons (Fsp3) is 0.846. The fourth-order valence-corrected chi connectivity index (χ4v) is 2.19. The summed E-state index contributed by atoms with van der Waals surface area (Å²) in [7, 11) is 0. The summed E-state index contributed by atoms with van der Waals surface area (Å²) in [6.07, 6.45) is 3.22. The second-order valence-electron chi connectivity index (χ2n) is 4.75. The van der Waals surface area contributed by atoms with E-state index in [0.29, 0.717) is 31.9 Å². The molecule has 1 aliphatic rings. The van der Waals surface area contributed by atoms with Gasteiger partial charge in [-0.05, 0) is 38.6 Å². The van der Waals surface area contributed by atoms with Gasteiger partial charge in [0.2, 0.25) is 5.91 Å². The van der Waals surface area contributed by atoms with Gasteiger partial charge in [-0.25, -0.2) is 0 Å². The molecule has 2 N–H and O–H groups in total. The summed E-state index contributed by atoms with van der Waals surface area (Å²) in [6, 6.07) is -0.0821. The number of hydrogen-bond donors (Lipinski definition) is 2. The van der Waals surface area contributed by atoms with Crippen molar-refractivity contribution in [1.29, 1.82) is 0 Å². The van der Waals surface area contributed by atoms with Crippen LogP contribution in [-0.4, -0.2) is 37.6 Å². The van der Waals surface area contributed by atoms with Crippen LogP contribution in [0.3, 0.4) is 0 Å². The number of piperidine rings is 1. The average molecular weight is 256 g/mol. The molecule has 0 saturated carbocycles. The highest BCUT2D eigenvalue weighted by Gasteiger charge is 2.26. The van der Waals surface area contributed by atoms with Gasteiger partial charge >= 0.3 is 5.97 Å². The number of carbonyl (C=O) groups is 2. The minimum Gasteiger partial charge on any atom is -0.466 e. The summed E-state index contributed by atoms with van der Waals surface area (Å²) < 4.78 is 4.82. The summed E-state index contributed by atoms with van der Waals surface area (Å²) in [5.41, 5.74) is 0. The fourth-order valence-electron chi connectivity index (χ4n) is 2.19. The second-order valence-corrected chi connectivity index (χ2v) is 4.75. The van der Waals surface area contributed by atoms with Gasteiger partial charge in [-0.1, -0.05) is 6.92 Å². The molecule has 18 heavy (non-hydrogen) atoms. The Kier molecular flexibility index (Phi) is 6.72. The van der Waals surface area contributed by atoms with E-state index in [1.165, 1.54) is 0 Å². The molecule has 2 atom stereocenters. The zero-order valence-electron chi connectivity index (χ0n) is 11.3. The van der Waals surface area contributed by atoms with Gasteiger partial charge in [0.05, 0.1) is 12.6 Å². The summed E-state index contributed by atoms with van der Waals surface area (Å²) in [6.45, 7) is 5.73. The Morgan fingerprint density at radius 2 is 2.22 bits per heavy atom. The van der Waals surface area contributed by atoms with E-state index in [4.69, 9.17) is 4.74 Å². The van der Waals surface area contributed by atoms with Crippen LogP contribution in [0.2, 0.25) is 0 Å². The third-order valence-corrected chi connectivity index (χ3v) is 3.21. The number of nitrogens with one attached hydrogen (secondary N) is 2. The molecule has 0 aromatic rings. The van der Waals surface area contributed by atoms with Gasteiger partial charge in [-0.2, -0.15) is 0 Å². The first kappa shape index (κ1) is 15.0. The monoisotopic (exact) mass is 256 g/mol. The molecule has 1 heterocycles. The summed E-state index contributed by atoms with van der Waals surface area (Å²) in [5, 5.41) is 6.11. The summed E-state index contributed by atoms with van der Waals surface area (Å²) in [5.74, 6) is 0.228. The topological polar surface area (TPSA) is 67.4 Å². The molecule has 1 aliphatic heterocycles. The van der Waals surface area contributed by atoms with E-state index in [-0.39, 0.29) is 17.9 Å². The van der Waals surface area contributed by atoms with Gasteiger partial charge in [-0.15, -0.1) is 0 Å². The van der Waals surface area contributed by atoms with Crippen molar-refractivity contribution in [2.24, 2.45) is 5.92 Å². The quantitative estimate of drug-likeness (QED) is 0.546. The molecule has 0 bridgehead atoms. The van der Waals surface area contributed by atoms with Crippen LogP contribution in [0.1, 0.15) is 39.5 Å². The smallest absolute Gasteiger partial charge is 0.305 e. The van der Waals surface area contributed by atoms with Crippen LogP contribution in [0.15, 0.2) is 0 Å². The average Bonchev–Trinajstić information content (AvgIpc) is 2.35. The van der Waals surface area contributed by atoms with Gasteiger partial charge in [0.1, 0.15) is 0 Å². The number of carbonyl (C=O) groups excluding carboxylic acids is 2. The molecule has 0 aliphatic carbocycles. The van der Waals surface area contributed by atoms with E-state index in [1.54, 1.807) is 6.92 Å². The Morgan fingerprint density at radius 1 is 1.44 bits per heavy atom.